The van der Waals surface area contributed by atoms with Crippen molar-refractivity contribution in [3.63, 3.8) is 0 Å². The number of carbonyl (C=O) groups is 1. The van der Waals surface area contributed by atoms with Gasteiger partial charge in [0.05, 0.1) is 18.1 Å². The minimum Gasteiger partial charge on any atom is -0.386 e. The Morgan fingerprint density at radius 3 is 2.45 bits per heavy atom. The summed E-state index contributed by atoms with van der Waals surface area (Å²) < 4.78 is 0. The molecule has 0 heterocycles. The van der Waals surface area contributed by atoms with Gasteiger partial charge in [-0.05, 0) is 18.9 Å². The Hall–Kier alpha value is -1.39. The molecule has 20 heavy (non-hydrogen) atoms. The Kier molecular flexibility index (Phi) is 6.68. The molecule has 3 N–H and O–H groups in total. The zero-order valence-corrected chi connectivity index (χ0v) is 12.6. The number of hydrogen-bond acceptors (Lipinski definition) is 3. The molecule has 1 aromatic carbocycles. The van der Waals surface area contributed by atoms with Gasteiger partial charge in [-0.25, -0.2) is 0 Å². The van der Waals surface area contributed by atoms with Crippen LogP contribution < -0.4 is 5.73 Å². The van der Waals surface area contributed by atoms with Gasteiger partial charge in [-0.1, -0.05) is 43.7 Å². The lowest BCUT2D eigenvalue weighted by Gasteiger charge is -2.31. The first-order valence-electron chi connectivity index (χ1n) is 7.22. The number of aliphatic hydroxyl groups excluding tert-OH is 1. The van der Waals surface area contributed by atoms with Crippen LogP contribution >= 0.6 is 0 Å². The summed E-state index contributed by atoms with van der Waals surface area (Å²) in [5.74, 6) is -0.146. The number of nitrogens with zero attached hydrogens (tertiary/aromatic N) is 1. The molecule has 3 atom stereocenters. The van der Waals surface area contributed by atoms with E-state index >= 15 is 0 Å². The Balaban J connectivity index is 2.75. The summed E-state index contributed by atoms with van der Waals surface area (Å²) in [4.78, 5) is 14.0. The van der Waals surface area contributed by atoms with E-state index < -0.39 is 6.10 Å². The average molecular weight is 278 g/mol. The van der Waals surface area contributed by atoms with Gasteiger partial charge in [-0.15, -0.1) is 0 Å². The van der Waals surface area contributed by atoms with Crippen molar-refractivity contribution < 1.29 is 9.90 Å². The van der Waals surface area contributed by atoms with Gasteiger partial charge in [0, 0.05) is 13.6 Å². The van der Waals surface area contributed by atoms with Gasteiger partial charge in [-0.2, -0.15) is 0 Å². The molecule has 4 nitrogen and oxygen atoms in total. The second-order valence-corrected chi connectivity index (χ2v) is 5.27. The molecule has 0 aliphatic carbocycles. The molecule has 1 aromatic rings. The molecule has 0 spiro atoms. The molecule has 1 amide bonds. The number of carbonyl (C=O) groups excluding carboxylic acids is 1. The van der Waals surface area contributed by atoms with Crippen LogP contribution in [-0.4, -0.2) is 35.5 Å². The molecule has 112 valence electrons. The van der Waals surface area contributed by atoms with Crippen LogP contribution in [0.1, 0.15) is 38.4 Å². The summed E-state index contributed by atoms with van der Waals surface area (Å²) in [6.45, 7) is 4.25. The number of amides is 1. The summed E-state index contributed by atoms with van der Waals surface area (Å²) in [5.41, 5.74) is 6.49. The second-order valence-electron chi connectivity index (χ2n) is 5.27. The quantitative estimate of drug-likeness (QED) is 0.801. The van der Waals surface area contributed by atoms with E-state index in [9.17, 15) is 9.90 Å². The smallest absolute Gasteiger partial charge is 0.227 e. The number of benzene rings is 1. The largest absolute Gasteiger partial charge is 0.386 e. The predicted molar refractivity (Wildman–Crippen MR) is 81.1 cm³/mol. The number of nitrogens with two attached hydrogens (primary N) is 1. The highest BCUT2D eigenvalue weighted by molar-refractivity contribution is 5.79. The van der Waals surface area contributed by atoms with Crippen LogP contribution in [0.2, 0.25) is 0 Å². The summed E-state index contributed by atoms with van der Waals surface area (Å²) in [6.07, 6.45) is 1.02. The normalized spacial score (nSPS) is 15.4. The van der Waals surface area contributed by atoms with Crippen LogP contribution in [0.25, 0.3) is 0 Å². The number of hydrogen-bond donors (Lipinski definition) is 2. The van der Waals surface area contributed by atoms with Gasteiger partial charge in [0.2, 0.25) is 5.91 Å². The fraction of sp³-hybridized carbons (Fsp3) is 0.562. The fourth-order valence-electron chi connectivity index (χ4n) is 2.32. The molecular weight excluding hydrogens is 252 g/mol. The van der Waals surface area contributed by atoms with Crippen molar-refractivity contribution in [1.82, 2.24) is 4.90 Å². The molecule has 0 bridgehead atoms. The van der Waals surface area contributed by atoms with Crippen molar-refractivity contribution in [2.45, 2.75) is 38.8 Å². The highest BCUT2D eigenvalue weighted by Gasteiger charge is 2.27. The molecule has 0 saturated heterocycles. The van der Waals surface area contributed by atoms with Crippen molar-refractivity contribution in [3.05, 3.63) is 35.9 Å². The zero-order chi connectivity index (χ0) is 15.1. The average Bonchev–Trinajstić information content (AvgIpc) is 2.50. The van der Waals surface area contributed by atoms with Crippen molar-refractivity contribution in [1.29, 1.82) is 0 Å². The van der Waals surface area contributed by atoms with E-state index in [0.29, 0.717) is 6.54 Å². The maximum absolute atomic E-state index is 12.4. The fourth-order valence-corrected chi connectivity index (χ4v) is 2.32. The predicted octanol–water partition coefficient (Wildman–Crippen LogP) is 1.94. The minimum atomic E-state index is -0.690. The van der Waals surface area contributed by atoms with Crippen LogP contribution in [0.5, 0.6) is 0 Å². The lowest BCUT2D eigenvalue weighted by Crippen LogP contribution is -2.44. The summed E-state index contributed by atoms with van der Waals surface area (Å²) in [5, 5.41) is 10.4. The molecule has 4 heteroatoms. The van der Waals surface area contributed by atoms with E-state index in [1.165, 1.54) is 0 Å². The summed E-state index contributed by atoms with van der Waals surface area (Å²) in [6, 6.07) is 9.12. The van der Waals surface area contributed by atoms with Crippen LogP contribution in [0.3, 0.4) is 0 Å². The molecule has 0 saturated carbocycles. The Morgan fingerprint density at radius 1 is 1.35 bits per heavy atom. The van der Waals surface area contributed by atoms with E-state index in [0.717, 1.165) is 18.4 Å². The lowest BCUT2D eigenvalue weighted by molar-refractivity contribution is -0.138. The SMILES string of the molecule is CCCC(CN)C(=O)N(C)C(C)C(O)c1ccccc1. The van der Waals surface area contributed by atoms with E-state index in [2.05, 4.69) is 0 Å². The highest BCUT2D eigenvalue weighted by atomic mass is 16.3. The Labute approximate surface area is 121 Å². The van der Waals surface area contributed by atoms with Crippen LogP contribution in [-0.2, 0) is 4.79 Å². The molecule has 1 rings (SSSR count). The zero-order valence-electron chi connectivity index (χ0n) is 12.6. The highest BCUT2D eigenvalue weighted by Crippen LogP contribution is 2.21. The van der Waals surface area contributed by atoms with Gasteiger partial charge in [0.25, 0.3) is 0 Å². The van der Waals surface area contributed by atoms with E-state index in [1.807, 2.05) is 44.2 Å². The molecule has 0 radical (unpaired) electrons. The number of aliphatic hydroxyl groups is 1. The molecule has 0 aliphatic heterocycles. The third-order valence-corrected chi connectivity index (χ3v) is 3.83. The van der Waals surface area contributed by atoms with E-state index in [1.54, 1.807) is 11.9 Å². The monoisotopic (exact) mass is 278 g/mol. The van der Waals surface area contributed by atoms with Crippen molar-refractivity contribution in [2.24, 2.45) is 11.7 Å². The number of likely N-dealkylation sites (N-methyl/N-ethyl adjacent to an activating group) is 1. The van der Waals surface area contributed by atoms with Crippen LogP contribution in [0, 0.1) is 5.92 Å². The number of rotatable bonds is 7. The van der Waals surface area contributed by atoms with Crippen LogP contribution in [0.4, 0.5) is 0 Å². The third-order valence-electron chi connectivity index (χ3n) is 3.83. The molecule has 0 fully saturated rings. The third kappa shape index (κ3) is 4.05. The standard InChI is InChI=1S/C16H26N2O2/c1-4-8-14(11-17)16(20)18(3)12(2)15(19)13-9-6-5-7-10-13/h5-7,9-10,12,14-15,19H,4,8,11,17H2,1-3H3. The molecule has 0 aliphatic rings. The molecular formula is C16H26N2O2. The summed E-state index contributed by atoms with van der Waals surface area (Å²) in [7, 11) is 1.73. The van der Waals surface area contributed by atoms with Gasteiger partial charge < -0.3 is 15.7 Å². The van der Waals surface area contributed by atoms with Gasteiger partial charge >= 0.3 is 0 Å². The van der Waals surface area contributed by atoms with Gasteiger partial charge in [0.1, 0.15) is 0 Å². The van der Waals surface area contributed by atoms with Crippen molar-refractivity contribution in [2.75, 3.05) is 13.6 Å². The van der Waals surface area contributed by atoms with Crippen molar-refractivity contribution in [3.8, 4) is 0 Å². The first kappa shape index (κ1) is 16.7. The molecule has 0 aromatic heterocycles. The Bertz CT molecular complexity index is 408. The maximum atomic E-state index is 12.4. The van der Waals surface area contributed by atoms with Gasteiger partial charge in [-0.3, -0.25) is 4.79 Å². The first-order valence-corrected chi connectivity index (χ1v) is 7.22. The Morgan fingerprint density at radius 2 is 1.95 bits per heavy atom. The lowest BCUT2D eigenvalue weighted by atomic mass is 9.98. The van der Waals surface area contributed by atoms with Gasteiger partial charge in [0.15, 0.2) is 0 Å². The van der Waals surface area contributed by atoms with E-state index in [-0.39, 0.29) is 17.9 Å². The van der Waals surface area contributed by atoms with E-state index in [4.69, 9.17) is 5.73 Å². The first-order chi connectivity index (χ1) is 9.52. The van der Waals surface area contributed by atoms with Crippen LogP contribution in [0.15, 0.2) is 30.3 Å². The maximum Gasteiger partial charge on any atom is 0.227 e. The summed E-state index contributed by atoms with van der Waals surface area (Å²) >= 11 is 0. The van der Waals surface area contributed by atoms with Crippen molar-refractivity contribution >= 4 is 5.91 Å². The molecule has 3 unspecified atom stereocenters. The topological polar surface area (TPSA) is 66.6 Å². The second kappa shape index (κ2) is 8.02. The minimum absolute atomic E-state index is 0.0110.